The molecule has 0 atom stereocenters. The molecule has 0 saturated heterocycles. The molecule has 4 nitrogen and oxygen atoms in total. The second-order valence-electron chi connectivity index (χ2n) is 3.33. The molecule has 0 aliphatic carbocycles. The summed E-state index contributed by atoms with van der Waals surface area (Å²) in [5.41, 5.74) is 6.75. The fourth-order valence-corrected chi connectivity index (χ4v) is 1.59. The van der Waals surface area contributed by atoms with Crippen molar-refractivity contribution in [3.05, 3.63) is 30.1 Å². The molecule has 3 aromatic rings. The van der Waals surface area contributed by atoms with Crippen LogP contribution in [0.25, 0.3) is 21.9 Å². The summed E-state index contributed by atoms with van der Waals surface area (Å²) in [4.78, 5) is 4.20. The maximum Gasteiger partial charge on any atom is 0.183 e. The summed E-state index contributed by atoms with van der Waals surface area (Å²) in [6.07, 6.45) is 0. The van der Waals surface area contributed by atoms with E-state index in [0.717, 1.165) is 10.8 Å². The van der Waals surface area contributed by atoms with E-state index in [4.69, 9.17) is 5.73 Å². The minimum absolute atomic E-state index is 0.308. The van der Waals surface area contributed by atoms with Crippen LogP contribution in [0.5, 0.6) is 0 Å². The van der Waals surface area contributed by atoms with Gasteiger partial charge in [-0.15, -0.1) is 0 Å². The zero-order valence-electron chi connectivity index (χ0n) is 7.66. The topological polar surface area (TPSA) is 67.6 Å². The van der Waals surface area contributed by atoms with Crippen LogP contribution >= 0.6 is 0 Å². The number of hydrogen-bond acceptors (Lipinski definition) is 3. The van der Waals surface area contributed by atoms with Crippen molar-refractivity contribution in [2.24, 2.45) is 0 Å². The van der Waals surface area contributed by atoms with E-state index in [1.807, 2.05) is 6.07 Å². The highest BCUT2D eigenvalue weighted by atomic mass is 19.1. The number of nitrogens with two attached hydrogens (primary N) is 1. The second kappa shape index (κ2) is 2.66. The quantitative estimate of drug-likeness (QED) is 0.584. The predicted molar refractivity (Wildman–Crippen MR) is 55.8 cm³/mol. The van der Waals surface area contributed by atoms with Crippen molar-refractivity contribution in [3.63, 3.8) is 0 Å². The molecule has 0 fully saturated rings. The fourth-order valence-electron chi connectivity index (χ4n) is 1.59. The summed E-state index contributed by atoms with van der Waals surface area (Å²) < 4.78 is 12.9. The summed E-state index contributed by atoms with van der Waals surface area (Å²) >= 11 is 0. The van der Waals surface area contributed by atoms with Gasteiger partial charge in [0.15, 0.2) is 5.65 Å². The summed E-state index contributed by atoms with van der Waals surface area (Å²) in [5, 5.41) is 8.15. The molecular weight excluding hydrogens is 195 g/mol. The number of anilines is 1. The lowest BCUT2D eigenvalue weighted by Crippen LogP contribution is -1.85. The zero-order valence-corrected chi connectivity index (χ0v) is 7.66. The van der Waals surface area contributed by atoms with Crippen molar-refractivity contribution in [1.29, 1.82) is 0 Å². The third-order valence-corrected chi connectivity index (χ3v) is 2.33. The van der Waals surface area contributed by atoms with E-state index in [1.165, 1.54) is 12.1 Å². The Kier molecular flexibility index (Phi) is 1.45. The molecule has 2 heterocycles. The largest absolute Gasteiger partial charge is 0.384 e. The average Bonchev–Trinajstić information content (AvgIpc) is 2.57. The van der Waals surface area contributed by atoms with Gasteiger partial charge in [-0.1, -0.05) is 0 Å². The molecule has 74 valence electrons. The van der Waals surface area contributed by atoms with Crippen molar-refractivity contribution in [3.8, 4) is 0 Å². The van der Waals surface area contributed by atoms with Crippen molar-refractivity contribution < 1.29 is 4.39 Å². The molecule has 2 aromatic heterocycles. The number of hydrogen-bond donors (Lipinski definition) is 2. The number of rotatable bonds is 0. The average molecular weight is 202 g/mol. The Labute approximate surface area is 83.9 Å². The molecule has 0 saturated carbocycles. The SMILES string of the molecule is Nc1[nH]nc2nc3cc(F)ccc3cc12. The smallest absolute Gasteiger partial charge is 0.183 e. The Hall–Kier alpha value is -2.17. The molecule has 3 rings (SSSR count). The molecule has 0 bridgehead atoms. The molecule has 0 amide bonds. The van der Waals surface area contributed by atoms with E-state index in [1.54, 1.807) is 6.07 Å². The highest BCUT2D eigenvalue weighted by molar-refractivity contribution is 5.95. The summed E-state index contributed by atoms with van der Waals surface area (Å²) in [6.45, 7) is 0. The number of aromatic nitrogens is 3. The van der Waals surface area contributed by atoms with Crippen molar-refractivity contribution in [1.82, 2.24) is 15.2 Å². The Morgan fingerprint density at radius 2 is 2.13 bits per heavy atom. The second-order valence-corrected chi connectivity index (χ2v) is 3.33. The Morgan fingerprint density at radius 1 is 1.27 bits per heavy atom. The Bertz CT molecular complexity index is 659. The molecule has 0 aliphatic rings. The molecule has 0 radical (unpaired) electrons. The van der Waals surface area contributed by atoms with Crippen LogP contribution in [0.4, 0.5) is 10.2 Å². The van der Waals surface area contributed by atoms with Gasteiger partial charge in [-0.2, -0.15) is 5.10 Å². The molecule has 0 unspecified atom stereocenters. The van der Waals surface area contributed by atoms with Crippen LogP contribution in [0.1, 0.15) is 0 Å². The van der Waals surface area contributed by atoms with Crippen molar-refractivity contribution in [2.75, 3.05) is 5.73 Å². The van der Waals surface area contributed by atoms with Gasteiger partial charge in [0.1, 0.15) is 11.6 Å². The standard InChI is InChI=1S/C10H7FN4/c11-6-2-1-5-3-7-9(12)14-15-10(7)13-8(5)4-6/h1-4H,(H3,12,13,14,15). The molecule has 5 heteroatoms. The van der Waals surface area contributed by atoms with E-state index in [-0.39, 0.29) is 5.82 Å². The molecule has 0 spiro atoms. The molecule has 0 aliphatic heterocycles. The van der Waals surface area contributed by atoms with Gasteiger partial charge in [-0.05, 0) is 18.2 Å². The molecule has 3 N–H and O–H groups in total. The Balaban J connectivity index is 2.49. The highest BCUT2D eigenvalue weighted by Crippen LogP contribution is 2.22. The lowest BCUT2D eigenvalue weighted by molar-refractivity contribution is 0.629. The van der Waals surface area contributed by atoms with Gasteiger partial charge in [0, 0.05) is 11.5 Å². The van der Waals surface area contributed by atoms with Gasteiger partial charge >= 0.3 is 0 Å². The van der Waals surface area contributed by atoms with Gasteiger partial charge in [0.05, 0.1) is 10.9 Å². The molecular formula is C10H7FN4. The van der Waals surface area contributed by atoms with Gasteiger partial charge in [0.2, 0.25) is 0 Å². The number of nitrogens with zero attached hydrogens (tertiary/aromatic N) is 2. The number of benzene rings is 1. The number of fused-ring (bicyclic) bond motifs is 2. The monoisotopic (exact) mass is 202 g/mol. The maximum atomic E-state index is 12.9. The number of H-pyrrole nitrogens is 1. The minimum Gasteiger partial charge on any atom is -0.384 e. The fraction of sp³-hybridized carbons (Fsp3) is 0. The van der Waals surface area contributed by atoms with E-state index in [2.05, 4.69) is 15.2 Å². The van der Waals surface area contributed by atoms with Crippen LogP contribution in [0.15, 0.2) is 24.3 Å². The predicted octanol–water partition coefficient (Wildman–Crippen LogP) is 1.83. The number of nitrogen functional groups attached to an aromatic ring is 1. The van der Waals surface area contributed by atoms with Crippen LogP contribution in [0.2, 0.25) is 0 Å². The molecule has 15 heavy (non-hydrogen) atoms. The van der Waals surface area contributed by atoms with Gasteiger partial charge < -0.3 is 5.73 Å². The van der Waals surface area contributed by atoms with Crippen LogP contribution in [0, 0.1) is 5.82 Å². The zero-order chi connectivity index (χ0) is 10.4. The third kappa shape index (κ3) is 1.13. The van der Waals surface area contributed by atoms with Crippen molar-refractivity contribution >= 4 is 27.8 Å². The van der Waals surface area contributed by atoms with E-state index in [9.17, 15) is 4.39 Å². The first-order valence-corrected chi connectivity index (χ1v) is 4.44. The summed E-state index contributed by atoms with van der Waals surface area (Å²) in [7, 11) is 0. The normalized spacial score (nSPS) is 11.3. The summed E-state index contributed by atoms with van der Waals surface area (Å²) in [5.74, 6) is 0.168. The first kappa shape index (κ1) is 8.16. The van der Waals surface area contributed by atoms with E-state index in [0.29, 0.717) is 17.0 Å². The number of halogens is 1. The first-order valence-electron chi connectivity index (χ1n) is 4.44. The lowest BCUT2D eigenvalue weighted by Gasteiger charge is -1.97. The number of pyridine rings is 1. The minimum atomic E-state index is -0.308. The van der Waals surface area contributed by atoms with Crippen LogP contribution < -0.4 is 5.73 Å². The summed E-state index contributed by atoms with van der Waals surface area (Å²) in [6, 6.07) is 6.28. The van der Waals surface area contributed by atoms with E-state index < -0.39 is 0 Å². The number of nitrogens with one attached hydrogen (secondary N) is 1. The highest BCUT2D eigenvalue weighted by Gasteiger charge is 2.05. The van der Waals surface area contributed by atoms with E-state index >= 15 is 0 Å². The first-order chi connectivity index (χ1) is 7.24. The number of aromatic amines is 1. The van der Waals surface area contributed by atoms with Crippen LogP contribution in [0.3, 0.4) is 0 Å². The van der Waals surface area contributed by atoms with Gasteiger partial charge in [-0.25, -0.2) is 9.37 Å². The maximum absolute atomic E-state index is 12.9. The Morgan fingerprint density at radius 3 is 3.00 bits per heavy atom. The van der Waals surface area contributed by atoms with Crippen LogP contribution in [-0.2, 0) is 0 Å². The molecule has 1 aromatic carbocycles. The van der Waals surface area contributed by atoms with Crippen molar-refractivity contribution in [2.45, 2.75) is 0 Å². The van der Waals surface area contributed by atoms with Crippen LogP contribution in [-0.4, -0.2) is 15.2 Å². The third-order valence-electron chi connectivity index (χ3n) is 2.33. The lowest BCUT2D eigenvalue weighted by atomic mass is 10.2. The van der Waals surface area contributed by atoms with Gasteiger partial charge in [0.25, 0.3) is 0 Å². The van der Waals surface area contributed by atoms with Gasteiger partial charge in [-0.3, -0.25) is 5.10 Å².